The van der Waals surface area contributed by atoms with Gasteiger partial charge in [-0.1, -0.05) is 37.4 Å². The monoisotopic (exact) mass is 208 g/mol. The Morgan fingerprint density at radius 1 is 1.14 bits per heavy atom. The van der Waals surface area contributed by atoms with E-state index in [0.717, 1.165) is 0 Å². The van der Waals surface area contributed by atoms with E-state index in [1.54, 1.807) is 6.92 Å². The van der Waals surface area contributed by atoms with E-state index in [-0.39, 0.29) is 5.41 Å². The van der Waals surface area contributed by atoms with Gasteiger partial charge in [-0.2, -0.15) is 0 Å². The molecule has 1 N–H and O–H groups in total. The number of hydrogen-bond acceptors (Lipinski definition) is 1. The standard InChI is InChI=1S/C12H20OSi/c1-11(13)7-8-12(2,3)9-10-14(4,5)6/h11,13H,1-6H3. The summed E-state index contributed by atoms with van der Waals surface area (Å²) in [4.78, 5) is 0. The third-order valence-corrected chi connectivity index (χ3v) is 2.22. The van der Waals surface area contributed by atoms with Gasteiger partial charge in [0.2, 0.25) is 0 Å². The molecule has 0 saturated carbocycles. The normalized spacial score (nSPS) is 13.4. The van der Waals surface area contributed by atoms with Crippen LogP contribution in [0.1, 0.15) is 20.8 Å². The van der Waals surface area contributed by atoms with Gasteiger partial charge >= 0.3 is 0 Å². The fraction of sp³-hybridized carbons (Fsp3) is 0.667. The lowest BCUT2D eigenvalue weighted by atomic mass is 9.96. The first kappa shape index (κ1) is 13.3. The van der Waals surface area contributed by atoms with Crippen molar-refractivity contribution in [3.05, 3.63) is 0 Å². The van der Waals surface area contributed by atoms with Crippen molar-refractivity contribution in [2.45, 2.75) is 46.5 Å². The fourth-order valence-corrected chi connectivity index (χ4v) is 1.35. The molecule has 0 saturated heterocycles. The first-order valence-electron chi connectivity index (χ1n) is 4.87. The zero-order valence-corrected chi connectivity index (χ0v) is 11.0. The maximum atomic E-state index is 9.03. The van der Waals surface area contributed by atoms with Crippen LogP contribution in [0.25, 0.3) is 0 Å². The Morgan fingerprint density at radius 3 is 2.00 bits per heavy atom. The average Bonchev–Trinajstić information content (AvgIpc) is 1.97. The molecule has 0 aliphatic rings. The van der Waals surface area contributed by atoms with E-state index in [2.05, 4.69) is 42.9 Å². The first-order valence-corrected chi connectivity index (χ1v) is 8.37. The summed E-state index contributed by atoms with van der Waals surface area (Å²) in [5, 5.41) is 9.03. The molecule has 0 amide bonds. The molecule has 0 aliphatic heterocycles. The van der Waals surface area contributed by atoms with Crippen molar-refractivity contribution in [2.75, 3.05) is 0 Å². The minimum Gasteiger partial charge on any atom is -0.381 e. The molecule has 0 aromatic heterocycles. The molecular weight excluding hydrogens is 188 g/mol. The second-order valence-electron chi connectivity index (χ2n) is 5.07. The van der Waals surface area contributed by atoms with Crippen molar-refractivity contribution < 1.29 is 5.11 Å². The van der Waals surface area contributed by atoms with Gasteiger partial charge in [0.05, 0.1) is 5.41 Å². The minimum absolute atomic E-state index is 0.308. The van der Waals surface area contributed by atoms with E-state index in [1.165, 1.54) is 0 Å². The zero-order chi connectivity index (χ0) is 11.4. The number of aliphatic hydroxyl groups excluding tert-OH is 1. The van der Waals surface area contributed by atoms with Gasteiger partial charge in [0.25, 0.3) is 0 Å². The smallest absolute Gasteiger partial charge is 0.129 e. The van der Waals surface area contributed by atoms with Crippen LogP contribution in [0.5, 0.6) is 0 Å². The zero-order valence-electron chi connectivity index (χ0n) is 10.0. The van der Waals surface area contributed by atoms with Crippen molar-refractivity contribution in [3.8, 4) is 23.3 Å². The van der Waals surface area contributed by atoms with E-state index in [1.807, 2.05) is 13.8 Å². The van der Waals surface area contributed by atoms with Gasteiger partial charge in [0, 0.05) is 0 Å². The predicted octanol–water partition coefficient (Wildman–Crippen LogP) is 2.28. The summed E-state index contributed by atoms with van der Waals surface area (Å²) < 4.78 is 0. The van der Waals surface area contributed by atoms with Crippen LogP contribution in [-0.2, 0) is 0 Å². The Kier molecular flexibility index (Phi) is 4.45. The molecule has 1 unspecified atom stereocenters. The van der Waals surface area contributed by atoms with E-state index >= 15 is 0 Å². The van der Waals surface area contributed by atoms with Crippen molar-refractivity contribution in [3.63, 3.8) is 0 Å². The topological polar surface area (TPSA) is 20.2 Å². The van der Waals surface area contributed by atoms with Crippen molar-refractivity contribution in [1.82, 2.24) is 0 Å². The fourth-order valence-electron chi connectivity index (χ4n) is 0.660. The Hall–Kier alpha value is -0.703. The largest absolute Gasteiger partial charge is 0.381 e. The van der Waals surface area contributed by atoms with Crippen LogP contribution in [0.3, 0.4) is 0 Å². The summed E-state index contributed by atoms with van der Waals surface area (Å²) >= 11 is 0. The van der Waals surface area contributed by atoms with Crippen LogP contribution in [-0.4, -0.2) is 19.3 Å². The van der Waals surface area contributed by atoms with Gasteiger partial charge < -0.3 is 5.11 Å². The third-order valence-electron chi connectivity index (χ3n) is 1.34. The summed E-state index contributed by atoms with van der Waals surface area (Å²) in [6, 6.07) is 0. The van der Waals surface area contributed by atoms with Crippen LogP contribution in [0.2, 0.25) is 19.6 Å². The first-order chi connectivity index (χ1) is 6.12. The molecule has 78 valence electrons. The average molecular weight is 208 g/mol. The molecule has 1 nitrogen and oxygen atoms in total. The molecule has 0 rings (SSSR count). The van der Waals surface area contributed by atoms with Crippen LogP contribution in [0.4, 0.5) is 0 Å². The third kappa shape index (κ3) is 7.92. The molecule has 0 heterocycles. The molecule has 0 aromatic rings. The molecule has 0 aliphatic carbocycles. The number of aliphatic hydroxyl groups is 1. The highest BCUT2D eigenvalue weighted by atomic mass is 28.3. The summed E-state index contributed by atoms with van der Waals surface area (Å²) in [5.74, 6) is 8.90. The highest BCUT2D eigenvalue weighted by Gasteiger charge is 2.13. The minimum atomic E-state index is -1.31. The quantitative estimate of drug-likeness (QED) is 0.478. The van der Waals surface area contributed by atoms with Gasteiger partial charge in [-0.15, -0.1) is 5.54 Å². The summed E-state index contributed by atoms with van der Waals surface area (Å²) in [6.45, 7) is 12.2. The molecule has 14 heavy (non-hydrogen) atoms. The summed E-state index contributed by atoms with van der Waals surface area (Å²) in [5.41, 5.74) is 2.98. The SMILES string of the molecule is CC(O)C#CC(C)(C)C#C[Si](C)(C)C. The second-order valence-corrected chi connectivity index (χ2v) is 9.82. The van der Waals surface area contributed by atoms with E-state index in [0.29, 0.717) is 0 Å². The molecule has 0 aromatic carbocycles. The molecule has 0 radical (unpaired) electrons. The van der Waals surface area contributed by atoms with E-state index in [4.69, 9.17) is 5.11 Å². The molecule has 0 bridgehead atoms. The van der Waals surface area contributed by atoms with Gasteiger partial charge in [-0.25, -0.2) is 0 Å². The molecular formula is C12H20OSi. The maximum Gasteiger partial charge on any atom is 0.129 e. The lowest BCUT2D eigenvalue weighted by Crippen LogP contribution is -2.18. The van der Waals surface area contributed by atoms with Crippen molar-refractivity contribution in [1.29, 1.82) is 0 Å². The van der Waals surface area contributed by atoms with Crippen LogP contribution >= 0.6 is 0 Å². The number of rotatable bonds is 0. The molecule has 1 atom stereocenters. The lowest BCUT2D eigenvalue weighted by molar-refractivity contribution is 0.253. The van der Waals surface area contributed by atoms with Gasteiger partial charge in [0.15, 0.2) is 0 Å². The molecule has 2 heteroatoms. The van der Waals surface area contributed by atoms with E-state index in [9.17, 15) is 0 Å². The Balaban J connectivity index is 4.66. The second kappa shape index (κ2) is 4.69. The predicted molar refractivity (Wildman–Crippen MR) is 64.4 cm³/mol. The highest BCUT2D eigenvalue weighted by molar-refractivity contribution is 6.83. The Morgan fingerprint density at radius 2 is 1.64 bits per heavy atom. The van der Waals surface area contributed by atoms with E-state index < -0.39 is 14.2 Å². The van der Waals surface area contributed by atoms with Crippen LogP contribution < -0.4 is 0 Å². The van der Waals surface area contributed by atoms with Crippen molar-refractivity contribution in [2.24, 2.45) is 5.41 Å². The summed E-state index contributed by atoms with van der Waals surface area (Å²) in [7, 11) is -1.31. The lowest BCUT2D eigenvalue weighted by Gasteiger charge is -2.11. The Bertz CT molecular complexity index is 299. The highest BCUT2D eigenvalue weighted by Crippen LogP contribution is 2.12. The van der Waals surface area contributed by atoms with Crippen LogP contribution in [0.15, 0.2) is 0 Å². The summed E-state index contributed by atoms with van der Waals surface area (Å²) in [6.07, 6.45) is -0.567. The van der Waals surface area contributed by atoms with Crippen molar-refractivity contribution >= 4 is 8.07 Å². The molecule has 0 fully saturated rings. The maximum absolute atomic E-state index is 9.03. The molecule has 0 spiro atoms. The van der Waals surface area contributed by atoms with Gasteiger partial charge in [-0.05, 0) is 20.8 Å². The van der Waals surface area contributed by atoms with Gasteiger partial charge in [-0.3, -0.25) is 0 Å². The van der Waals surface area contributed by atoms with Crippen LogP contribution in [0, 0.1) is 28.7 Å². The Labute approximate surface area is 88.9 Å². The van der Waals surface area contributed by atoms with Gasteiger partial charge in [0.1, 0.15) is 14.2 Å². The number of hydrogen-bond donors (Lipinski definition) is 1.